The quantitative estimate of drug-likeness (QED) is 0.825. The number of halogens is 1. The van der Waals surface area contributed by atoms with Crippen molar-refractivity contribution < 1.29 is 18.7 Å². The van der Waals surface area contributed by atoms with Crippen LogP contribution in [0.15, 0.2) is 36.9 Å². The van der Waals surface area contributed by atoms with E-state index in [1.807, 2.05) is 27.7 Å². The number of imidazole rings is 1. The fraction of sp³-hybridized carbons (Fsp3) is 0.500. The number of amides is 2. The molecule has 3 rings (SSSR count). The Bertz CT molecular complexity index is 892. The molecule has 1 aliphatic rings. The molecule has 2 amide bonds. The standard InChI is InChI=1S/C22H29FN4O3/c1-15-17(6-5-10-27(15)21(29)30-22(2,3)4)20(28)25-13-16-7-8-19(18(23)12-16)26-11-9-24-14-26/h7-9,11-12,14-15,17H,5-6,10,13H2,1-4H3,(H,25,28)/t15-,17+/m0/s1. The Hall–Kier alpha value is -2.90. The Morgan fingerprint density at radius 3 is 2.73 bits per heavy atom. The number of hydrogen-bond donors (Lipinski definition) is 1. The lowest BCUT2D eigenvalue weighted by atomic mass is 9.89. The van der Waals surface area contributed by atoms with E-state index in [-0.39, 0.29) is 30.2 Å². The molecular weight excluding hydrogens is 387 g/mol. The van der Waals surface area contributed by atoms with Crippen molar-refractivity contribution in [1.82, 2.24) is 19.8 Å². The molecule has 1 aliphatic heterocycles. The molecule has 7 nitrogen and oxygen atoms in total. The van der Waals surface area contributed by atoms with Crippen LogP contribution in [0.25, 0.3) is 5.69 Å². The van der Waals surface area contributed by atoms with Gasteiger partial charge in [0.2, 0.25) is 5.91 Å². The number of aromatic nitrogens is 2. The first-order valence-corrected chi connectivity index (χ1v) is 10.2. The number of ether oxygens (including phenoxy) is 1. The van der Waals surface area contributed by atoms with Gasteiger partial charge in [0.1, 0.15) is 11.4 Å². The van der Waals surface area contributed by atoms with Crippen LogP contribution in [0.5, 0.6) is 0 Å². The van der Waals surface area contributed by atoms with Crippen molar-refractivity contribution in [3.8, 4) is 5.69 Å². The highest BCUT2D eigenvalue weighted by Gasteiger charge is 2.37. The molecule has 0 saturated carbocycles. The van der Waals surface area contributed by atoms with Crippen molar-refractivity contribution in [1.29, 1.82) is 0 Å². The zero-order valence-electron chi connectivity index (χ0n) is 17.9. The first-order chi connectivity index (χ1) is 14.2. The van der Waals surface area contributed by atoms with Crippen LogP contribution >= 0.6 is 0 Å². The van der Waals surface area contributed by atoms with E-state index in [2.05, 4.69) is 10.3 Å². The minimum absolute atomic E-state index is 0.144. The summed E-state index contributed by atoms with van der Waals surface area (Å²) in [6.07, 6.45) is 5.81. The largest absolute Gasteiger partial charge is 0.444 e. The number of benzene rings is 1. The van der Waals surface area contributed by atoms with Gasteiger partial charge in [0.15, 0.2) is 0 Å². The summed E-state index contributed by atoms with van der Waals surface area (Å²) in [7, 11) is 0. The third kappa shape index (κ3) is 5.17. The molecule has 30 heavy (non-hydrogen) atoms. The minimum atomic E-state index is -0.584. The summed E-state index contributed by atoms with van der Waals surface area (Å²) in [4.78, 5) is 30.8. The number of likely N-dealkylation sites (tertiary alicyclic amines) is 1. The second-order valence-corrected chi connectivity index (χ2v) is 8.64. The fourth-order valence-electron chi connectivity index (χ4n) is 3.66. The lowest BCUT2D eigenvalue weighted by Gasteiger charge is -2.39. The maximum atomic E-state index is 14.4. The summed E-state index contributed by atoms with van der Waals surface area (Å²) < 4.78 is 21.5. The van der Waals surface area contributed by atoms with Crippen LogP contribution in [0.4, 0.5) is 9.18 Å². The zero-order chi connectivity index (χ0) is 21.9. The van der Waals surface area contributed by atoms with Gasteiger partial charge in [-0.3, -0.25) is 4.79 Å². The second-order valence-electron chi connectivity index (χ2n) is 8.64. The molecule has 1 fully saturated rings. The van der Waals surface area contributed by atoms with Gasteiger partial charge in [0.05, 0.1) is 17.9 Å². The summed E-state index contributed by atoms with van der Waals surface area (Å²) in [6, 6.07) is 4.57. The molecule has 0 radical (unpaired) electrons. The van der Waals surface area contributed by atoms with Crippen molar-refractivity contribution >= 4 is 12.0 Å². The maximum absolute atomic E-state index is 14.4. The zero-order valence-corrected chi connectivity index (χ0v) is 17.9. The lowest BCUT2D eigenvalue weighted by molar-refractivity contribution is -0.128. The number of nitrogens with zero attached hydrogens (tertiary/aromatic N) is 3. The van der Waals surface area contributed by atoms with Crippen molar-refractivity contribution in [2.45, 2.75) is 58.7 Å². The average Bonchev–Trinajstić information content (AvgIpc) is 3.19. The number of carbonyl (C=O) groups is 2. The molecule has 2 heterocycles. The Kier molecular flexibility index (Phi) is 6.43. The number of piperidine rings is 1. The topological polar surface area (TPSA) is 76.5 Å². The number of nitrogens with one attached hydrogen (secondary N) is 1. The summed E-state index contributed by atoms with van der Waals surface area (Å²) >= 11 is 0. The Morgan fingerprint density at radius 2 is 2.10 bits per heavy atom. The van der Waals surface area contributed by atoms with Crippen molar-refractivity contribution in [2.24, 2.45) is 5.92 Å². The molecule has 1 saturated heterocycles. The monoisotopic (exact) mass is 416 g/mol. The van der Waals surface area contributed by atoms with E-state index in [1.54, 1.807) is 34.0 Å². The third-order valence-corrected chi connectivity index (χ3v) is 5.21. The normalized spacial score (nSPS) is 19.4. The lowest BCUT2D eigenvalue weighted by Crippen LogP contribution is -2.52. The van der Waals surface area contributed by atoms with Crippen molar-refractivity contribution in [3.05, 3.63) is 48.3 Å². The van der Waals surface area contributed by atoms with Gasteiger partial charge in [-0.2, -0.15) is 0 Å². The molecule has 1 N–H and O–H groups in total. The minimum Gasteiger partial charge on any atom is -0.444 e. The molecule has 1 aromatic heterocycles. The number of rotatable bonds is 4. The van der Waals surface area contributed by atoms with Gasteiger partial charge in [-0.15, -0.1) is 0 Å². The molecule has 8 heteroatoms. The van der Waals surface area contributed by atoms with E-state index in [0.717, 1.165) is 6.42 Å². The molecule has 0 spiro atoms. The fourth-order valence-corrected chi connectivity index (χ4v) is 3.66. The molecule has 2 atom stereocenters. The van der Waals surface area contributed by atoms with Crippen LogP contribution in [0, 0.1) is 11.7 Å². The summed E-state index contributed by atoms with van der Waals surface area (Å²) in [5, 5.41) is 2.88. The highest BCUT2D eigenvalue weighted by Crippen LogP contribution is 2.26. The van der Waals surface area contributed by atoms with Gasteiger partial charge in [0.25, 0.3) is 0 Å². The van der Waals surface area contributed by atoms with Gasteiger partial charge >= 0.3 is 6.09 Å². The number of carbonyl (C=O) groups excluding carboxylic acids is 2. The van der Waals surface area contributed by atoms with E-state index >= 15 is 0 Å². The van der Waals surface area contributed by atoms with E-state index in [0.29, 0.717) is 24.2 Å². The van der Waals surface area contributed by atoms with Gasteiger partial charge in [-0.25, -0.2) is 14.2 Å². The molecule has 162 valence electrons. The van der Waals surface area contributed by atoms with Gasteiger partial charge < -0.3 is 19.5 Å². The first kappa shape index (κ1) is 21.8. The molecule has 0 bridgehead atoms. The van der Waals surface area contributed by atoms with Gasteiger partial charge in [0, 0.05) is 31.5 Å². The average molecular weight is 416 g/mol. The smallest absolute Gasteiger partial charge is 0.410 e. The summed E-state index contributed by atoms with van der Waals surface area (Å²) in [5.41, 5.74) is 0.479. The predicted molar refractivity (Wildman–Crippen MR) is 110 cm³/mol. The highest BCUT2D eigenvalue weighted by molar-refractivity contribution is 5.80. The van der Waals surface area contributed by atoms with Crippen LogP contribution in [-0.4, -0.2) is 44.6 Å². The summed E-state index contributed by atoms with van der Waals surface area (Å²) in [5.74, 6) is -0.863. The van der Waals surface area contributed by atoms with E-state index in [9.17, 15) is 14.0 Å². The van der Waals surface area contributed by atoms with Crippen LogP contribution in [-0.2, 0) is 16.1 Å². The van der Waals surface area contributed by atoms with E-state index in [4.69, 9.17) is 4.74 Å². The van der Waals surface area contributed by atoms with Crippen LogP contribution < -0.4 is 5.32 Å². The molecule has 2 aromatic rings. The SMILES string of the molecule is C[C@H]1[C@H](C(=O)NCc2ccc(-n3ccnc3)c(F)c2)CCCN1C(=O)OC(C)(C)C. The predicted octanol–water partition coefficient (Wildman–Crippen LogP) is 3.66. The number of hydrogen-bond acceptors (Lipinski definition) is 4. The van der Waals surface area contributed by atoms with E-state index < -0.39 is 11.7 Å². The van der Waals surface area contributed by atoms with Crippen molar-refractivity contribution in [2.75, 3.05) is 6.54 Å². The summed E-state index contributed by atoms with van der Waals surface area (Å²) in [6.45, 7) is 8.12. The van der Waals surface area contributed by atoms with Crippen LogP contribution in [0.3, 0.4) is 0 Å². The molecule has 0 aliphatic carbocycles. The molecule has 0 unspecified atom stereocenters. The van der Waals surface area contributed by atoms with Crippen molar-refractivity contribution in [3.63, 3.8) is 0 Å². The van der Waals surface area contributed by atoms with Gasteiger partial charge in [-0.1, -0.05) is 6.07 Å². The van der Waals surface area contributed by atoms with Crippen LogP contribution in [0.2, 0.25) is 0 Å². The maximum Gasteiger partial charge on any atom is 0.410 e. The Labute approximate surface area is 176 Å². The third-order valence-electron chi connectivity index (χ3n) is 5.21. The van der Waals surface area contributed by atoms with E-state index in [1.165, 1.54) is 12.4 Å². The Balaban J connectivity index is 1.60. The first-order valence-electron chi connectivity index (χ1n) is 10.2. The van der Waals surface area contributed by atoms with Gasteiger partial charge in [-0.05, 0) is 58.2 Å². The van der Waals surface area contributed by atoms with Crippen LogP contribution in [0.1, 0.15) is 46.1 Å². The molecular formula is C22H29FN4O3. The molecule has 1 aromatic carbocycles. The Morgan fingerprint density at radius 1 is 1.33 bits per heavy atom. The highest BCUT2D eigenvalue weighted by atomic mass is 19.1. The second kappa shape index (κ2) is 8.85.